The van der Waals surface area contributed by atoms with Crippen LogP contribution in [0.15, 0.2) is 4.52 Å². The van der Waals surface area contributed by atoms with Gasteiger partial charge in [0.25, 0.3) is 0 Å². The van der Waals surface area contributed by atoms with Gasteiger partial charge in [0.1, 0.15) is 5.76 Å². The van der Waals surface area contributed by atoms with Crippen LogP contribution in [0.2, 0.25) is 0 Å². The lowest BCUT2D eigenvalue weighted by Gasteiger charge is -2.35. The molecular weight excluding hydrogens is 354 g/mol. The Hall–Kier alpha value is -1.41. The van der Waals surface area contributed by atoms with Gasteiger partial charge in [-0.2, -0.15) is 0 Å². The van der Waals surface area contributed by atoms with Crippen LogP contribution in [-0.2, 0) is 21.2 Å². The smallest absolute Gasteiger partial charge is 0.237 e. The lowest BCUT2D eigenvalue weighted by Crippen LogP contribution is -2.50. The van der Waals surface area contributed by atoms with Crippen molar-refractivity contribution in [2.24, 2.45) is 0 Å². The molecule has 3 rings (SSSR count). The summed E-state index contributed by atoms with van der Waals surface area (Å²) in [6, 6.07) is 0.0244. The van der Waals surface area contributed by atoms with E-state index in [0.717, 1.165) is 42.7 Å². The minimum atomic E-state index is -3.01. The fourth-order valence-electron chi connectivity index (χ4n) is 4.25. The summed E-state index contributed by atoms with van der Waals surface area (Å²) >= 11 is 0. The van der Waals surface area contributed by atoms with Gasteiger partial charge in [-0.05, 0) is 40.2 Å². The molecule has 1 aromatic heterocycles. The van der Waals surface area contributed by atoms with Crippen molar-refractivity contribution in [1.82, 2.24) is 15.0 Å². The maximum Gasteiger partial charge on any atom is 0.237 e. The van der Waals surface area contributed by atoms with Crippen molar-refractivity contribution < 1.29 is 17.7 Å². The van der Waals surface area contributed by atoms with Crippen molar-refractivity contribution in [2.45, 2.75) is 64.6 Å². The SMILES string of the molecule is Cc1noc(C)c1CN(C)CC(=O)N(C1CCCC1)C1CCS(=O)(=O)C1. The molecule has 26 heavy (non-hydrogen) atoms. The second-order valence-electron chi connectivity index (χ2n) is 7.77. The van der Waals surface area contributed by atoms with Crippen LogP contribution in [0.3, 0.4) is 0 Å². The van der Waals surface area contributed by atoms with Gasteiger partial charge < -0.3 is 9.42 Å². The van der Waals surface area contributed by atoms with Crippen molar-refractivity contribution in [3.8, 4) is 0 Å². The second kappa shape index (κ2) is 7.68. The van der Waals surface area contributed by atoms with E-state index >= 15 is 0 Å². The van der Waals surface area contributed by atoms with Crippen LogP contribution >= 0.6 is 0 Å². The van der Waals surface area contributed by atoms with E-state index in [9.17, 15) is 13.2 Å². The van der Waals surface area contributed by atoms with Gasteiger partial charge in [0, 0.05) is 24.2 Å². The van der Waals surface area contributed by atoms with Crippen LogP contribution < -0.4 is 0 Å². The summed E-state index contributed by atoms with van der Waals surface area (Å²) in [6.07, 6.45) is 4.76. The Morgan fingerprint density at radius 2 is 1.88 bits per heavy atom. The van der Waals surface area contributed by atoms with Gasteiger partial charge in [-0.3, -0.25) is 9.69 Å². The topological polar surface area (TPSA) is 83.7 Å². The van der Waals surface area contributed by atoms with Gasteiger partial charge in [0.2, 0.25) is 5.91 Å². The minimum Gasteiger partial charge on any atom is -0.361 e. The van der Waals surface area contributed by atoms with E-state index in [1.807, 2.05) is 30.7 Å². The predicted molar refractivity (Wildman–Crippen MR) is 98.5 cm³/mol. The van der Waals surface area contributed by atoms with Gasteiger partial charge >= 0.3 is 0 Å². The zero-order chi connectivity index (χ0) is 18.9. The first-order valence-corrected chi connectivity index (χ1v) is 11.2. The summed E-state index contributed by atoms with van der Waals surface area (Å²) in [5.41, 5.74) is 1.85. The molecule has 1 aromatic rings. The number of rotatable bonds is 6. The molecule has 2 fully saturated rings. The minimum absolute atomic E-state index is 0.0354. The number of aryl methyl sites for hydroxylation is 2. The Bertz CT molecular complexity index is 733. The molecule has 8 heteroatoms. The van der Waals surface area contributed by atoms with Crippen LogP contribution in [0, 0.1) is 13.8 Å². The fraction of sp³-hybridized carbons (Fsp3) is 0.778. The number of hydrogen-bond acceptors (Lipinski definition) is 6. The number of carbonyl (C=O) groups excluding carboxylic acids is 1. The molecule has 0 N–H and O–H groups in total. The van der Waals surface area contributed by atoms with Crippen molar-refractivity contribution >= 4 is 15.7 Å². The summed E-state index contributed by atoms with van der Waals surface area (Å²) in [7, 11) is -1.11. The van der Waals surface area contributed by atoms with E-state index < -0.39 is 9.84 Å². The van der Waals surface area contributed by atoms with Crippen molar-refractivity contribution in [1.29, 1.82) is 0 Å². The molecule has 146 valence electrons. The maximum atomic E-state index is 13.1. The highest BCUT2D eigenvalue weighted by atomic mass is 32.2. The van der Waals surface area contributed by atoms with E-state index in [1.165, 1.54) is 0 Å². The first kappa shape index (κ1) is 19.4. The molecule has 1 atom stereocenters. The zero-order valence-electron chi connectivity index (χ0n) is 15.9. The molecule has 7 nitrogen and oxygen atoms in total. The van der Waals surface area contributed by atoms with Crippen molar-refractivity contribution in [2.75, 3.05) is 25.1 Å². The Morgan fingerprint density at radius 1 is 1.19 bits per heavy atom. The van der Waals surface area contributed by atoms with E-state index in [0.29, 0.717) is 13.0 Å². The summed E-state index contributed by atoms with van der Waals surface area (Å²) in [4.78, 5) is 17.0. The fourth-order valence-corrected chi connectivity index (χ4v) is 5.96. The number of likely N-dealkylation sites (N-methyl/N-ethyl adjacent to an activating group) is 1. The average molecular weight is 384 g/mol. The largest absolute Gasteiger partial charge is 0.361 e. The van der Waals surface area contributed by atoms with Crippen molar-refractivity contribution in [3.63, 3.8) is 0 Å². The van der Waals surface area contributed by atoms with Crippen molar-refractivity contribution in [3.05, 3.63) is 17.0 Å². The van der Waals surface area contributed by atoms with E-state index in [4.69, 9.17) is 4.52 Å². The van der Waals surface area contributed by atoms with E-state index in [1.54, 1.807) is 0 Å². The van der Waals surface area contributed by atoms with Crippen LogP contribution in [0.4, 0.5) is 0 Å². The average Bonchev–Trinajstić information content (AvgIpc) is 3.26. The summed E-state index contributed by atoms with van der Waals surface area (Å²) in [6.45, 7) is 4.64. The number of amides is 1. The lowest BCUT2D eigenvalue weighted by molar-refractivity contribution is -0.136. The molecule has 1 amide bonds. The standard InChI is InChI=1S/C18H29N3O4S/c1-13-17(14(2)25-19-13)10-20(3)11-18(22)21(15-6-4-5-7-15)16-8-9-26(23,24)12-16/h15-16H,4-12H2,1-3H3. The lowest BCUT2D eigenvalue weighted by atomic mass is 10.1. The highest BCUT2D eigenvalue weighted by Gasteiger charge is 2.39. The molecule has 0 bridgehead atoms. The quantitative estimate of drug-likeness (QED) is 0.743. The van der Waals surface area contributed by atoms with Gasteiger partial charge in [0.05, 0.1) is 23.7 Å². The Morgan fingerprint density at radius 3 is 2.42 bits per heavy atom. The van der Waals surface area contributed by atoms with Gasteiger partial charge in [-0.15, -0.1) is 0 Å². The molecule has 0 aromatic carbocycles. The van der Waals surface area contributed by atoms with Gasteiger partial charge in [0.15, 0.2) is 9.84 Å². The molecule has 1 unspecified atom stereocenters. The summed E-state index contributed by atoms with van der Waals surface area (Å²) in [5, 5.41) is 3.96. The second-order valence-corrected chi connectivity index (χ2v) is 10.00. The number of hydrogen-bond donors (Lipinski definition) is 0. The number of aromatic nitrogens is 1. The Kier molecular flexibility index (Phi) is 5.72. The molecule has 1 aliphatic heterocycles. The number of carbonyl (C=O) groups is 1. The van der Waals surface area contributed by atoms with Crippen LogP contribution in [0.1, 0.15) is 49.1 Å². The van der Waals surface area contributed by atoms with Crippen LogP contribution in [-0.4, -0.2) is 66.5 Å². The maximum absolute atomic E-state index is 13.1. The summed E-state index contributed by atoms with van der Waals surface area (Å²) in [5.74, 6) is 1.12. The molecule has 1 aliphatic carbocycles. The first-order valence-electron chi connectivity index (χ1n) is 9.38. The number of sulfone groups is 1. The predicted octanol–water partition coefficient (Wildman–Crippen LogP) is 1.68. The molecule has 1 saturated carbocycles. The molecular formula is C18H29N3O4S. The highest BCUT2D eigenvalue weighted by Crippen LogP contribution is 2.29. The van der Waals surface area contributed by atoms with Crippen LogP contribution in [0.25, 0.3) is 0 Å². The monoisotopic (exact) mass is 383 g/mol. The molecule has 2 heterocycles. The number of nitrogens with zero attached hydrogens (tertiary/aromatic N) is 3. The van der Waals surface area contributed by atoms with Gasteiger partial charge in [-0.25, -0.2) is 8.42 Å². The third-order valence-electron chi connectivity index (χ3n) is 5.62. The Balaban J connectivity index is 1.69. The van der Waals surface area contributed by atoms with E-state index in [2.05, 4.69) is 5.16 Å². The summed E-state index contributed by atoms with van der Waals surface area (Å²) < 4.78 is 29.0. The van der Waals surface area contributed by atoms with Crippen LogP contribution in [0.5, 0.6) is 0 Å². The Labute approximate surface area is 155 Å². The zero-order valence-corrected chi connectivity index (χ0v) is 16.7. The molecule has 2 aliphatic rings. The third kappa shape index (κ3) is 4.28. The van der Waals surface area contributed by atoms with E-state index in [-0.39, 0.29) is 36.0 Å². The van der Waals surface area contributed by atoms with Gasteiger partial charge in [-0.1, -0.05) is 18.0 Å². The normalized spacial score (nSPS) is 23.0. The first-order chi connectivity index (χ1) is 12.3. The molecule has 0 spiro atoms. The molecule has 0 radical (unpaired) electrons. The highest BCUT2D eigenvalue weighted by molar-refractivity contribution is 7.91. The third-order valence-corrected chi connectivity index (χ3v) is 7.37. The molecule has 1 saturated heterocycles.